The molecule has 0 aromatic rings. The highest BCUT2D eigenvalue weighted by atomic mass is 16.5. The summed E-state index contributed by atoms with van der Waals surface area (Å²) in [5.41, 5.74) is 0. The Morgan fingerprint density at radius 2 is 1.65 bits per heavy atom. The Bertz CT molecular complexity index is 253. The molecule has 0 unspecified atom stereocenters. The van der Waals surface area contributed by atoms with Crippen LogP contribution >= 0.6 is 0 Å². The van der Waals surface area contributed by atoms with Gasteiger partial charge in [-0.05, 0) is 0 Å². The molecule has 17 heavy (non-hydrogen) atoms. The van der Waals surface area contributed by atoms with E-state index < -0.39 is 49.9 Å². The van der Waals surface area contributed by atoms with Crippen molar-refractivity contribution in [2.24, 2.45) is 0 Å². The van der Waals surface area contributed by atoms with Crippen molar-refractivity contribution < 1.29 is 39.9 Å². The lowest BCUT2D eigenvalue weighted by Gasteiger charge is -2.21. The normalized spacial score (nSPS) is 16.0. The maximum Gasteiger partial charge on any atom is 0.306 e. The van der Waals surface area contributed by atoms with Crippen molar-refractivity contribution in [1.82, 2.24) is 0 Å². The van der Waals surface area contributed by atoms with E-state index in [4.69, 9.17) is 15.3 Å². The molecule has 0 fully saturated rings. The Kier molecular flexibility index (Phi) is 7.39. The Balaban J connectivity index is 3.86. The molecule has 0 aliphatic heterocycles. The molecule has 0 aliphatic rings. The van der Waals surface area contributed by atoms with Gasteiger partial charge in [-0.15, -0.1) is 0 Å². The lowest BCUT2D eigenvalue weighted by Crippen LogP contribution is -2.42. The van der Waals surface area contributed by atoms with E-state index in [1.807, 2.05) is 0 Å². The average molecular weight is 252 g/mol. The summed E-state index contributed by atoms with van der Waals surface area (Å²) in [5, 5.41) is 44.1. The molecule has 0 bridgehead atoms. The minimum absolute atomic E-state index is 0.347. The molecule has 0 heterocycles. The summed E-state index contributed by atoms with van der Waals surface area (Å²) in [6.07, 6.45) is -5.47. The van der Waals surface area contributed by atoms with Crippen molar-refractivity contribution in [2.75, 3.05) is 13.2 Å². The molecular formula is C9H16O8. The topological polar surface area (TPSA) is 145 Å². The molecule has 3 atom stereocenters. The van der Waals surface area contributed by atoms with E-state index in [0.717, 1.165) is 0 Å². The van der Waals surface area contributed by atoms with Gasteiger partial charge < -0.3 is 30.3 Å². The van der Waals surface area contributed by atoms with Gasteiger partial charge in [-0.3, -0.25) is 9.59 Å². The van der Waals surface area contributed by atoms with Gasteiger partial charge in [0, 0.05) is 0 Å². The Labute approximate surface area is 97.1 Å². The summed E-state index contributed by atoms with van der Waals surface area (Å²) < 4.78 is 4.46. The molecule has 0 saturated heterocycles. The van der Waals surface area contributed by atoms with Crippen LogP contribution in [0.4, 0.5) is 0 Å². The molecule has 8 nitrogen and oxygen atoms in total. The van der Waals surface area contributed by atoms with Gasteiger partial charge in [-0.2, -0.15) is 0 Å². The summed E-state index contributed by atoms with van der Waals surface area (Å²) >= 11 is 0. The highest BCUT2D eigenvalue weighted by molar-refractivity contribution is 5.76. The molecule has 0 aromatic carbocycles. The van der Waals surface area contributed by atoms with Crippen LogP contribution in [0.25, 0.3) is 0 Å². The summed E-state index contributed by atoms with van der Waals surface area (Å²) in [6.45, 7) is -1.33. The molecular weight excluding hydrogens is 236 g/mol. The van der Waals surface area contributed by atoms with Gasteiger partial charge in [-0.25, -0.2) is 0 Å². The van der Waals surface area contributed by atoms with Gasteiger partial charge >= 0.3 is 11.9 Å². The average Bonchev–Trinajstić information content (AvgIpc) is 2.31. The van der Waals surface area contributed by atoms with Crippen LogP contribution < -0.4 is 0 Å². The first kappa shape index (κ1) is 15.8. The Hall–Kier alpha value is -1.22. The zero-order chi connectivity index (χ0) is 13.4. The minimum atomic E-state index is -1.65. The Morgan fingerprint density at radius 3 is 2.12 bits per heavy atom. The molecule has 0 spiro atoms. The third-order valence-electron chi connectivity index (χ3n) is 1.93. The number of aliphatic hydroxyl groups excluding tert-OH is 4. The van der Waals surface area contributed by atoms with Gasteiger partial charge in [-0.1, -0.05) is 0 Å². The molecule has 8 heteroatoms. The van der Waals surface area contributed by atoms with Crippen molar-refractivity contribution in [3.8, 4) is 0 Å². The fraction of sp³-hybridized carbons (Fsp3) is 0.778. The van der Waals surface area contributed by atoms with Crippen LogP contribution in [0.5, 0.6) is 0 Å². The number of hydrogen-bond donors (Lipinski definition) is 5. The van der Waals surface area contributed by atoms with Crippen LogP contribution in [0.1, 0.15) is 12.8 Å². The third kappa shape index (κ3) is 6.84. The summed E-state index contributed by atoms with van der Waals surface area (Å²) in [5.74, 6) is -1.99. The van der Waals surface area contributed by atoms with Crippen LogP contribution in [0.2, 0.25) is 0 Å². The zero-order valence-corrected chi connectivity index (χ0v) is 9.02. The van der Waals surface area contributed by atoms with E-state index >= 15 is 0 Å². The molecule has 0 rings (SSSR count). The van der Waals surface area contributed by atoms with E-state index in [1.54, 1.807) is 0 Å². The lowest BCUT2D eigenvalue weighted by molar-refractivity contribution is -0.154. The minimum Gasteiger partial charge on any atom is -0.481 e. The first-order chi connectivity index (χ1) is 7.88. The lowest BCUT2D eigenvalue weighted by atomic mass is 10.1. The van der Waals surface area contributed by atoms with Crippen LogP contribution in [-0.2, 0) is 14.3 Å². The van der Waals surface area contributed by atoms with E-state index in [9.17, 15) is 19.8 Å². The van der Waals surface area contributed by atoms with Crippen molar-refractivity contribution in [3.05, 3.63) is 0 Å². The van der Waals surface area contributed by atoms with Gasteiger partial charge in [0.2, 0.25) is 0 Å². The predicted octanol–water partition coefficient (Wildman–Crippen LogP) is -2.53. The predicted molar refractivity (Wildman–Crippen MR) is 52.9 cm³/mol. The maximum absolute atomic E-state index is 10.9. The van der Waals surface area contributed by atoms with Gasteiger partial charge in [0.1, 0.15) is 24.9 Å². The number of esters is 1. The number of carboxylic acid groups (broad SMARTS) is 1. The van der Waals surface area contributed by atoms with Crippen molar-refractivity contribution in [2.45, 2.75) is 31.2 Å². The fourth-order valence-electron chi connectivity index (χ4n) is 0.923. The van der Waals surface area contributed by atoms with Crippen LogP contribution in [0, 0.1) is 0 Å². The monoisotopic (exact) mass is 252 g/mol. The van der Waals surface area contributed by atoms with Crippen LogP contribution in [-0.4, -0.2) is 69.0 Å². The SMILES string of the molecule is O=C(O)CCC(=O)OC[C@H](O)[C@@H](O)[C@H](O)CO. The Morgan fingerprint density at radius 1 is 1.06 bits per heavy atom. The fourth-order valence-corrected chi connectivity index (χ4v) is 0.923. The number of carbonyl (C=O) groups is 2. The van der Waals surface area contributed by atoms with Crippen molar-refractivity contribution in [3.63, 3.8) is 0 Å². The van der Waals surface area contributed by atoms with Crippen molar-refractivity contribution in [1.29, 1.82) is 0 Å². The van der Waals surface area contributed by atoms with Crippen LogP contribution in [0.3, 0.4) is 0 Å². The first-order valence-corrected chi connectivity index (χ1v) is 4.91. The van der Waals surface area contributed by atoms with E-state index in [-0.39, 0.29) is 6.42 Å². The quantitative estimate of drug-likeness (QED) is 0.297. The van der Waals surface area contributed by atoms with E-state index in [2.05, 4.69) is 4.74 Å². The number of carboxylic acids is 1. The summed E-state index contributed by atoms with van der Waals surface area (Å²) in [4.78, 5) is 21.0. The molecule has 0 aliphatic carbocycles. The van der Waals surface area contributed by atoms with Crippen LogP contribution in [0.15, 0.2) is 0 Å². The van der Waals surface area contributed by atoms with Gasteiger partial charge in [0.05, 0.1) is 19.4 Å². The first-order valence-electron chi connectivity index (χ1n) is 4.91. The highest BCUT2D eigenvalue weighted by Gasteiger charge is 2.25. The maximum atomic E-state index is 10.9. The second kappa shape index (κ2) is 7.96. The number of hydrogen-bond acceptors (Lipinski definition) is 7. The number of aliphatic hydroxyl groups is 4. The second-order valence-electron chi connectivity index (χ2n) is 3.38. The zero-order valence-electron chi connectivity index (χ0n) is 9.02. The van der Waals surface area contributed by atoms with Gasteiger partial charge in [0.25, 0.3) is 0 Å². The standard InChI is InChI=1S/C9H16O8/c10-3-5(11)9(16)6(12)4-17-8(15)2-1-7(13)14/h5-6,9-12,16H,1-4H2,(H,13,14)/t5-,6+,9+/m1/s1. The van der Waals surface area contributed by atoms with Gasteiger partial charge in [0.15, 0.2) is 0 Å². The third-order valence-corrected chi connectivity index (χ3v) is 1.93. The number of aliphatic carboxylic acids is 1. The second-order valence-corrected chi connectivity index (χ2v) is 3.38. The molecule has 100 valence electrons. The summed E-state index contributed by atoms with van der Waals surface area (Å²) in [7, 11) is 0. The number of carbonyl (C=O) groups excluding carboxylic acids is 1. The van der Waals surface area contributed by atoms with Crippen molar-refractivity contribution >= 4 is 11.9 Å². The molecule has 0 amide bonds. The summed E-state index contributed by atoms with van der Waals surface area (Å²) in [6, 6.07) is 0. The molecule has 0 radical (unpaired) electrons. The molecule has 0 aromatic heterocycles. The highest BCUT2D eigenvalue weighted by Crippen LogP contribution is 2.02. The smallest absolute Gasteiger partial charge is 0.306 e. The van der Waals surface area contributed by atoms with E-state index in [0.29, 0.717) is 0 Å². The number of rotatable bonds is 8. The molecule has 0 saturated carbocycles. The largest absolute Gasteiger partial charge is 0.481 e. The number of ether oxygens (including phenoxy) is 1. The van der Waals surface area contributed by atoms with E-state index in [1.165, 1.54) is 0 Å². The molecule has 5 N–H and O–H groups in total.